The third-order valence-electron chi connectivity index (χ3n) is 5.07. The van der Waals surface area contributed by atoms with Crippen molar-refractivity contribution in [2.75, 3.05) is 24.5 Å². The molecule has 0 aromatic heterocycles. The smallest absolute Gasteiger partial charge is 0.419 e. The third kappa shape index (κ3) is 4.99. The minimum absolute atomic E-state index is 0.0347. The number of hydrogen-bond acceptors (Lipinski definition) is 4. The number of rotatable bonds is 5. The largest absolute Gasteiger partial charge is 0.481 e. The first-order valence-corrected chi connectivity index (χ1v) is 10.8. The highest BCUT2D eigenvalue weighted by atomic mass is 32.2. The van der Waals surface area contributed by atoms with Gasteiger partial charge in [0.1, 0.15) is 5.82 Å². The fraction of sp³-hybridized carbons (Fsp3) is 0.350. The van der Waals surface area contributed by atoms with Gasteiger partial charge in [0.15, 0.2) is 0 Å². The minimum atomic E-state index is -4.80. The van der Waals surface area contributed by atoms with Crippen LogP contribution in [0.25, 0.3) is 0 Å². The predicted molar refractivity (Wildman–Crippen MR) is 105 cm³/mol. The molecule has 2 aromatic carbocycles. The molecule has 0 unspecified atom stereocenters. The Morgan fingerprint density at radius 3 is 2.45 bits per heavy atom. The molecule has 0 bridgehead atoms. The van der Waals surface area contributed by atoms with Crippen molar-refractivity contribution >= 4 is 21.7 Å². The van der Waals surface area contributed by atoms with Crippen LogP contribution in [0.1, 0.15) is 18.1 Å². The van der Waals surface area contributed by atoms with Crippen LogP contribution >= 0.6 is 0 Å². The van der Waals surface area contributed by atoms with Gasteiger partial charge < -0.3 is 10.0 Å². The summed E-state index contributed by atoms with van der Waals surface area (Å²) >= 11 is 0. The number of aliphatic carboxylic acids is 1. The molecule has 11 heteroatoms. The molecule has 0 radical (unpaired) electrons. The van der Waals surface area contributed by atoms with E-state index in [2.05, 4.69) is 0 Å². The van der Waals surface area contributed by atoms with Crippen LogP contribution in [0.3, 0.4) is 0 Å². The van der Waals surface area contributed by atoms with Gasteiger partial charge in [-0.05, 0) is 42.8 Å². The maximum atomic E-state index is 13.9. The minimum Gasteiger partial charge on any atom is -0.481 e. The highest BCUT2D eigenvalue weighted by Crippen LogP contribution is 2.34. The number of carbonyl (C=O) groups is 1. The summed E-state index contributed by atoms with van der Waals surface area (Å²) in [6, 6.07) is 7.90. The lowest BCUT2D eigenvalue weighted by atomic mass is 10.1. The van der Waals surface area contributed by atoms with Crippen LogP contribution < -0.4 is 4.90 Å². The molecule has 3 rings (SSSR count). The van der Waals surface area contributed by atoms with Gasteiger partial charge in [-0.3, -0.25) is 4.79 Å². The number of nitrogens with zero attached hydrogens (tertiary/aromatic N) is 2. The molecule has 0 amide bonds. The van der Waals surface area contributed by atoms with E-state index in [1.54, 1.807) is 11.8 Å². The lowest BCUT2D eigenvalue weighted by molar-refractivity contribution is -0.140. The number of sulfonamides is 1. The molecule has 0 saturated carbocycles. The van der Waals surface area contributed by atoms with Gasteiger partial charge in [0, 0.05) is 31.4 Å². The van der Waals surface area contributed by atoms with Crippen LogP contribution in [0.15, 0.2) is 47.4 Å². The maximum Gasteiger partial charge on any atom is 0.419 e. The molecule has 1 aliphatic rings. The molecule has 1 saturated heterocycles. The Balaban J connectivity index is 1.78. The first kappa shape index (κ1) is 23.0. The summed E-state index contributed by atoms with van der Waals surface area (Å²) in [5, 5.41) is 8.91. The van der Waals surface area contributed by atoms with Crippen LogP contribution in [0.2, 0.25) is 0 Å². The van der Waals surface area contributed by atoms with Crippen molar-refractivity contribution in [3.63, 3.8) is 0 Å². The molecule has 31 heavy (non-hydrogen) atoms. The molecule has 6 nitrogen and oxygen atoms in total. The van der Waals surface area contributed by atoms with Gasteiger partial charge in [-0.25, -0.2) is 12.8 Å². The molecular weight excluding hydrogens is 440 g/mol. The Kier molecular flexibility index (Phi) is 6.28. The Bertz CT molecular complexity index is 1090. The van der Waals surface area contributed by atoms with Gasteiger partial charge in [-0.2, -0.15) is 17.5 Å². The van der Waals surface area contributed by atoms with Crippen molar-refractivity contribution in [2.45, 2.75) is 30.5 Å². The lowest BCUT2D eigenvalue weighted by Crippen LogP contribution is -2.53. The number of hydrogen-bond donors (Lipinski definition) is 1. The zero-order valence-electron chi connectivity index (χ0n) is 16.4. The average molecular weight is 460 g/mol. The average Bonchev–Trinajstić information content (AvgIpc) is 2.66. The molecule has 168 valence electrons. The standard InChI is InChI=1S/C20H20F4N2O4S/c1-13-12-25(31(29,30)16-4-2-3-14(9-16)10-19(27)28)7-8-26(13)15-5-6-17(18(21)11-15)20(22,23)24/h2-6,9,11,13H,7-8,10,12H2,1H3,(H,27,28)/t13-/m1/s1. The maximum absolute atomic E-state index is 13.9. The summed E-state index contributed by atoms with van der Waals surface area (Å²) in [4.78, 5) is 12.5. The molecule has 1 N–H and O–H groups in total. The molecular formula is C20H20F4N2O4S. The van der Waals surface area contributed by atoms with Crippen LogP contribution in [-0.4, -0.2) is 49.5 Å². The summed E-state index contributed by atoms with van der Waals surface area (Å²) in [5.74, 6) is -2.47. The molecule has 0 spiro atoms. The zero-order chi connectivity index (χ0) is 23.0. The third-order valence-corrected chi connectivity index (χ3v) is 6.93. The Morgan fingerprint density at radius 1 is 1.16 bits per heavy atom. The van der Waals surface area contributed by atoms with E-state index in [-0.39, 0.29) is 36.6 Å². The normalized spacial score (nSPS) is 18.2. The van der Waals surface area contributed by atoms with Crippen LogP contribution in [0.4, 0.5) is 23.2 Å². The predicted octanol–water partition coefficient (Wildman–Crippen LogP) is 3.37. The highest BCUT2D eigenvalue weighted by Gasteiger charge is 2.36. The van der Waals surface area contributed by atoms with Crippen LogP contribution in [-0.2, 0) is 27.4 Å². The number of anilines is 1. The summed E-state index contributed by atoms with van der Waals surface area (Å²) < 4.78 is 79.5. The van der Waals surface area contributed by atoms with Crippen molar-refractivity contribution in [1.29, 1.82) is 0 Å². The summed E-state index contributed by atoms with van der Waals surface area (Å²) in [6.07, 6.45) is -5.11. The van der Waals surface area contributed by atoms with Crippen LogP contribution in [0.5, 0.6) is 0 Å². The summed E-state index contributed by atoms with van der Waals surface area (Å²) in [6.45, 7) is 1.92. The number of alkyl halides is 3. The Morgan fingerprint density at radius 2 is 1.87 bits per heavy atom. The number of benzene rings is 2. The second-order valence-electron chi connectivity index (χ2n) is 7.29. The van der Waals surface area contributed by atoms with E-state index >= 15 is 0 Å². The number of carboxylic acids is 1. The molecule has 0 aliphatic carbocycles. The Labute approximate surface area is 176 Å². The highest BCUT2D eigenvalue weighted by molar-refractivity contribution is 7.89. The fourth-order valence-corrected chi connectivity index (χ4v) is 5.16. The van der Waals surface area contributed by atoms with Crippen molar-refractivity contribution in [1.82, 2.24) is 4.31 Å². The Hall–Kier alpha value is -2.66. The van der Waals surface area contributed by atoms with E-state index in [9.17, 15) is 30.8 Å². The lowest BCUT2D eigenvalue weighted by Gasteiger charge is -2.40. The molecule has 1 heterocycles. The fourth-order valence-electron chi connectivity index (χ4n) is 3.58. The van der Waals surface area contributed by atoms with Crippen molar-refractivity contribution in [3.05, 3.63) is 59.4 Å². The van der Waals surface area contributed by atoms with E-state index in [0.717, 1.165) is 6.07 Å². The van der Waals surface area contributed by atoms with Gasteiger partial charge in [-0.15, -0.1) is 0 Å². The molecule has 2 aromatic rings. The first-order chi connectivity index (χ1) is 14.4. The van der Waals surface area contributed by atoms with Gasteiger partial charge in [0.05, 0.1) is 16.9 Å². The van der Waals surface area contributed by atoms with Gasteiger partial charge >= 0.3 is 12.1 Å². The van der Waals surface area contributed by atoms with Gasteiger partial charge in [-0.1, -0.05) is 12.1 Å². The number of piperazine rings is 1. The topological polar surface area (TPSA) is 77.9 Å². The zero-order valence-corrected chi connectivity index (χ0v) is 17.3. The van der Waals surface area contributed by atoms with E-state index in [4.69, 9.17) is 5.11 Å². The summed E-state index contributed by atoms with van der Waals surface area (Å²) in [5.41, 5.74) is -0.773. The van der Waals surface area contributed by atoms with Crippen molar-refractivity contribution in [3.8, 4) is 0 Å². The van der Waals surface area contributed by atoms with E-state index in [0.29, 0.717) is 11.6 Å². The van der Waals surface area contributed by atoms with E-state index in [1.807, 2.05) is 0 Å². The van der Waals surface area contributed by atoms with E-state index < -0.39 is 39.6 Å². The molecule has 1 atom stereocenters. The van der Waals surface area contributed by atoms with Gasteiger partial charge in [0.25, 0.3) is 0 Å². The monoisotopic (exact) mass is 460 g/mol. The van der Waals surface area contributed by atoms with Gasteiger partial charge in [0.2, 0.25) is 10.0 Å². The number of halogens is 4. The van der Waals surface area contributed by atoms with E-state index in [1.165, 1.54) is 34.6 Å². The second-order valence-corrected chi connectivity index (χ2v) is 9.22. The van der Waals surface area contributed by atoms with Crippen LogP contribution in [0, 0.1) is 5.82 Å². The SMILES string of the molecule is C[C@@H]1CN(S(=O)(=O)c2cccc(CC(=O)O)c2)CCN1c1ccc(C(F)(F)F)c(F)c1. The molecule has 1 aliphatic heterocycles. The van der Waals surface area contributed by atoms with Crippen molar-refractivity contribution in [2.24, 2.45) is 0 Å². The first-order valence-electron chi connectivity index (χ1n) is 9.34. The quantitative estimate of drug-likeness (QED) is 0.693. The summed E-state index contributed by atoms with van der Waals surface area (Å²) in [7, 11) is -3.90. The second kappa shape index (κ2) is 8.46. The molecule has 1 fully saturated rings. The number of carboxylic acid groups (broad SMARTS) is 1. The van der Waals surface area contributed by atoms with Crippen molar-refractivity contribution < 1.29 is 35.9 Å².